The average molecular weight is 219 g/mol. The second-order valence-electron chi connectivity index (χ2n) is 3.22. The molecule has 6 nitrogen and oxygen atoms in total. The molecule has 0 fully saturated rings. The Labute approximate surface area is 88.5 Å². The third-order valence-electron chi connectivity index (χ3n) is 2.12. The van der Waals surface area contributed by atoms with E-state index in [0.717, 1.165) is 0 Å². The van der Waals surface area contributed by atoms with Crippen molar-refractivity contribution in [2.75, 3.05) is 20.3 Å². The van der Waals surface area contributed by atoms with Gasteiger partial charge in [0.15, 0.2) is 0 Å². The number of ether oxygens (including phenoxy) is 1. The van der Waals surface area contributed by atoms with Crippen molar-refractivity contribution in [3.05, 3.63) is 0 Å². The van der Waals surface area contributed by atoms with E-state index in [2.05, 4.69) is 5.48 Å². The topological polar surface area (TPSA) is 84.9 Å². The smallest absolute Gasteiger partial charge is 0.307 e. The summed E-state index contributed by atoms with van der Waals surface area (Å²) in [5, 5.41) is 8.67. The molecule has 6 heteroatoms. The summed E-state index contributed by atoms with van der Waals surface area (Å²) in [6.07, 6.45) is 0. The van der Waals surface area contributed by atoms with Gasteiger partial charge in [-0.25, -0.2) is 5.48 Å². The van der Waals surface area contributed by atoms with E-state index in [1.54, 1.807) is 0 Å². The molecule has 0 bridgehead atoms. The molecule has 0 radical (unpaired) electrons. The van der Waals surface area contributed by atoms with E-state index < -0.39 is 23.7 Å². The minimum absolute atomic E-state index is 0.233. The Morgan fingerprint density at radius 1 is 1.27 bits per heavy atom. The molecule has 0 aliphatic rings. The lowest BCUT2D eigenvalue weighted by Crippen LogP contribution is -2.35. The summed E-state index contributed by atoms with van der Waals surface area (Å²) >= 11 is 0. The van der Waals surface area contributed by atoms with Crippen LogP contribution in [0.25, 0.3) is 0 Å². The number of aliphatic carboxylic acids is 1. The molecule has 0 aromatic rings. The van der Waals surface area contributed by atoms with Crippen molar-refractivity contribution >= 4 is 11.9 Å². The second-order valence-corrected chi connectivity index (χ2v) is 3.22. The minimum Gasteiger partial charge on any atom is -0.481 e. The lowest BCUT2D eigenvalue weighted by atomic mass is 9.96. The first-order valence-corrected chi connectivity index (χ1v) is 4.64. The molecule has 0 spiro atoms. The molecule has 1 amide bonds. The van der Waals surface area contributed by atoms with E-state index in [1.807, 2.05) is 0 Å². The van der Waals surface area contributed by atoms with E-state index >= 15 is 0 Å². The molecule has 0 aromatic heterocycles. The zero-order valence-electron chi connectivity index (χ0n) is 9.15. The van der Waals surface area contributed by atoms with E-state index in [4.69, 9.17) is 14.7 Å². The molecule has 2 N–H and O–H groups in total. The Morgan fingerprint density at radius 3 is 2.33 bits per heavy atom. The first-order valence-electron chi connectivity index (χ1n) is 4.64. The summed E-state index contributed by atoms with van der Waals surface area (Å²) in [6.45, 7) is 3.61. The standard InChI is InChI=1S/C9H17NO5/c1-6(7(2)9(12)13)8(11)10-15-5-4-14-3/h6-7H,4-5H2,1-3H3,(H,10,11)(H,12,13). The van der Waals surface area contributed by atoms with Crippen LogP contribution in [0, 0.1) is 11.8 Å². The van der Waals surface area contributed by atoms with E-state index in [1.165, 1.54) is 21.0 Å². The lowest BCUT2D eigenvalue weighted by Gasteiger charge is -2.15. The number of carboxylic acids is 1. The Hall–Kier alpha value is -1.14. The van der Waals surface area contributed by atoms with E-state index in [-0.39, 0.29) is 6.61 Å². The maximum atomic E-state index is 11.3. The fraction of sp³-hybridized carbons (Fsp3) is 0.778. The molecule has 2 atom stereocenters. The summed E-state index contributed by atoms with van der Waals surface area (Å²) in [4.78, 5) is 26.7. The van der Waals surface area contributed by atoms with Gasteiger partial charge in [-0.3, -0.25) is 14.4 Å². The molecular weight excluding hydrogens is 202 g/mol. The summed E-state index contributed by atoms with van der Waals surface area (Å²) in [6, 6.07) is 0. The first-order chi connectivity index (χ1) is 7.00. The van der Waals surface area contributed by atoms with Gasteiger partial charge in [0.1, 0.15) is 0 Å². The average Bonchev–Trinajstić information content (AvgIpc) is 2.21. The Balaban J connectivity index is 3.84. The van der Waals surface area contributed by atoms with Crippen LogP contribution in [0.5, 0.6) is 0 Å². The van der Waals surface area contributed by atoms with Gasteiger partial charge in [-0.05, 0) is 0 Å². The van der Waals surface area contributed by atoms with Crippen LogP contribution in [0.2, 0.25) is 0 Å². The van der Waals surface area contributed by atoms with Gasteiger partial charge < -0.3 is 9.84 Å². The van der Waals surface area contributed by atoms with Crippen molar-refractivity contribution < 1.29 is 24.3 Å². The number of hydrogen-bond acceptors (Lipinski definition) is 4. The van der Waals surface area contributed by atoms with Crippen LogP contribution >= 0.6 is 0 Å². The van der Waals surface area contributed by atoms with Gasteiger partial charge in [0.2, 0.25) is 5.91 Å². The number of hydrogen-bond donors (Lipinski definition) is 2. The quantitative estimate of drug-likeness (QED) is 0.466. The highest BCUT2D eigenvalue weighted by Gasteiger charge is 2.25. The number of rotatable bonds is 7. The highest BCUT2D eigenvalue weighted by Crippen LogP contribution is 2.10. The summed E-state index contributed by atoms with van der Waals surface area (Å²) in [5.41, 5.74) is 2.17. The van der Waals surface area contributed by atoms with Gasteiger partial charge in [-0.1, -0.05) is 13.8 Å². The lowest BCUT2D eigenvalue weighted by molar-refractivity contribution is -0.150. The van der Waals surface area contributed by atoms with Crippen LogP contribution in [0.3, 0.4) is 0 Å². The van der Waals surface area contributed by atoms with Crippen LogP contribution < -0.4 is 5.48 Å². The van der Waals surface area contributed by atoms with E-state index in [0.29, 0.717) is 6.61 Å². The van der Waals surface area contributed by atoms with E-state index in [9.17, 15) is 9.59 Å². The third-order valence-corrected chi connectivity index (χ3v) is 2.12. The van der Waals surface area contributed by atoms with Gasteiger partial charge in [-0.2, -0.15) is 0 Å². The molecule has 2 unspecified atom stereocenters. The summed E-state index contributed by atoms with van der Waals surface area (Å²) in [7, 11) is 1.51. The Bertz CT molecular complexity index is 219. The highest BCUT2D eigenvalue weighted by molar-refractivity contribution is 5.83. The number of nitrogens with one attached hydrogen (secondary N) is 1. The normalized spacial score (nSPS) is 14.3. The first kappa shape index (κ1) is 13.9. The molecule has 0 aliphatic carbocycles. The third kappa shape index (κ3) is 5.34. The SMILES string of the molecule is COCCONC(=O)C(C)C(C)C(=O)O. The fourth-order valence-corrected chi connectivity index (χ4v) is 0.781. The van der Waals surface area contributed by atoms with Crippen LogP contribution in [-0.2, 0) is 19.2 Å². The summed E-state index contributed by atoms with van der Waals surface area (Å²) < 4.78 is 4.70. The van der Waals surface area contributed by atoms with Crippen LogP contribution in [-0.4, -0.2) is 37.3 Å². The fourth-order valence-electron chi connectivity index (χ4n) is 0.781. The number of carboxylic acid groups (broad SMARTS) is 1. The molecule has 0 saturated heterocycles. The van der Waals surface area contributed by atoms with Crippen LogP contribution in [0.1, 0.15) is 13.8 Å². The molecule has 0 rings (SSSR count). The predicted octanol–water partition coefficient (Wildman–Crippen LogP) is 0.0374. The number of methoxy groups -OCH3 is 1. The van der Waals surface area contributed by atoms with Crippen molar-refractivity contribution in [1.29, 1.82) is 0 Å². The number of carbonyl (C=O) groups excluding carboxylic acids is 1. The Morgan fingerprint density at radius 2 is 1.87 bits per heavy atom. The maximum absolute atomic E-state index is 11.3. The second kappa shape index (κ2) is 7.19. The van der Waals surface area contributed by atoms with Gasteiger partial charge in [-0.15, -0.1) is 0 Å². The Kier molecular flexibility index (Phi) is 6.64. The molecule has 15 heavy (non-hydrogen) atoms. The van der Waals surface area contributed by atoms with Crippen molar-refractivity contribution in [2.45, 2.75) is 13.8 Å². The zero-order chi connectivity index (χ0) is 11.8. The van der Waals surface area contributed by atoms with Crippen LogP contribution in [0.15, 0.2) is 0 Å². The maximum Gasteiger partial charge on any atom is 0.307 e. The summed E-state index contributed by atoms with van der Waals surface area (Å²) in [5.74, 6) is -2.82. The molecular formula is C9H17NO5. The number of hydroxylamine groups is 1. The van der Waals surface area contributed by atoms with Crippen molar-refractivity contribution in [3.63, 3.8) is 0 Å². The molecule has 0 aliphatic heterocycles. The molecule has 0 heterocycles. The molecule has 0 aromatic carbocycles. The zero-order valence-corrected chi connectivity index (χ0v) is 9.15. The van der Waals surface area contributed by atoms with Gasteiger partial charge in [0.05, 0.1) is 25.0 Å². The minimum atomic E-state index is -1.01. The van der Waals surface area contributed by atoms with Gasteiger partial charge in [0.25, 0.3) is 0 Å². The number of amides is 1. The highest BCUT2D eigenvalue weighted by atomic mass is 16.7. The molecule has 0 saturated carbocycles. The largest absolute Gasteiger partial charge is 0.481 e. The monoisotopic (exact) mass is 219 g/mol. The van der Waals surface area contributed by atoms with Crippen LogP contribution in [0.4, 0.5) is 0 Å². The van der Waals surface area contributed by atoms with Crippen molar-refractivity contribution in [2.24, 2.45) is 11.8 Å². The van der Waals surface area contributed by atoms with Gasteiger partial charge >= 0.3 is 5.97 Å². The molecule has 88 valence electrons. The number of carbonyl (C=O) groups is 2. The predicted molar refractivity (Wildman–Crippen MR) is 51.9 cm³/mol. The van der Waals surface area contributed by atoms with Crippen molar-refractivity contribution in [3.8, 4) is 0 Å². The van der Waals surface area contributed by atoms with Crippen molar-refractivity contribution in [1.82, 2.24) is 5.48 Å². The van der Waals surface area contributed by atoms with Gasteiger partial charge in [0, 0.05) is 7.11 Å².